The van der Waals surface area contributed by atoms with Gasteiger partial charge in [0.05, 0.1) is 6.42 Å². The van der Waals surface area contributed by atoms with Crippen molar-refractivity contribution in [2.75, 3.05) is 19.3 Å². The molecule has 1 atom stereocenters. The summed E-state index contributed by atoms with van der Waals surface area (Å²) in [5.41, 5.74) is 0. The number of sulfone groups is 1. The van der Waals surface area contributed by atoms with Crippen molar-refractivity contribution in [3.05, 3.63) is 0 Å². The van der Waals surface area contributed by atoms with Crippen molar-refractivity contribution in [2.24, 2.45) is 0 Å². The lowest BCUT2D eigenvalue weighted by Gasteiger charge is -2.28. The van der Waals surface area contributed by atoms with Gasteiger partial charge in [0.1, 0.15) is 0 Å². The summed E-state index contributed by atoms with van der Waals surface area (Å²) >= 11 is 1.19. The van der Waals surface area contributed by atoms with Crippen molar-refractivity contribution in [1.82, 2.24) is 4.90 Å². The van der Waals surface area contributed by atoms with Crippen LogP contribution >= 0.6 is 22.6 Å². The van der Waals surface area contributed by atoms with Crippen molar-refractivity contribution in [3.63, 3.8) is 0 Å². The van der Waals surface area contributed by atoms with Crippen LogP contribution in [0.2, 0.25) is 0 Å². The fourth-order valence-electron chi connectivity index (χ4n) is 1.56. The number of carbonyl (C=O) groups excluding carboxylic acids is 1. The van der Waals surface area contributed by atoms with E-state index in [2.05, 4.69) is 0 Å². The standard InChI is InChI=1S/C9H15FINO3S/c1-16(14,15)9(10,11)7-8(13)12-5-3-2-4-6-12/h2-7H2,1H3. The number of alkyl halides is 2. The first-order valence-corrected chi connectivity index (χ1v) is 8.06. The lowest BCUT2D eigenvalue weighted by atomic mass is 10.1. The van der Waals surface area contributed by atoms with Crippen molar-refractivity contribution in [2.45, 2.75) is 28.7 Å². The van der Waals surface area contributed by atoms with Gasteiger partial charge in [0.2, 0.25) is 5.91 Å². The zero-order valence-electron chi connectivity index (χ0n) is 9.08. The summed E-state index contributed by atoms with van der Waals surface area (Å²) < 4.78 is 33.5. The van der Waals surface area contributed by atoms with Gasteiger partial charge in [-0.2, -0.15) is 0 Å². The molecule has 4 nitrogen and oxygen atoms in total. The van der Waals surface area contributed by atoms with Crippen molar-refractivity contribution in [1.29, 1.82) is 0 Å². The van der Waals surface area contributed by atoms with Crippen LogP contribution in [0.25, 0.3) is 0 Å². The number of rotatable bonds is 3. The molecule has 0 aromatic heterocycles. The molecule has 1 aliphatic rings. The molecule has 1 fully saturated rings. The Morgan fingerprint density at radius 1 is 1.38 bits per heavy atom. The van der Waals surface area contributed by atoms with Crippen LogP contribution in [0.1, 0.15) is 25.7 Å². The van der Waals surface area contributed by atoms with Gasteiger partial charge in [-0.3, -0.25) is 4.79 Å². The molecule has 16 heavy (non-hydrogen) atoms. The summed E-state index contributed by atoms with van der Waals surface area (Å²) in [6.45, 7) is 1.21. The van der Waals surface area contributed by atoms with Crippen LogP contribution in [0.4, 0.5) is 4.39 Å². The maximum atomic E-state index is 13.8. The molecule has 1 saturated heterocycles. The second-order valence-corrected chi connectivity index (χ2v) is 8.66. The highest BCUT2D eigenvalue weighted by molar-refractivity contribution is 14.1. The van der Waals surface area contributed by atoms with Gasteiger partial charge in [0, 0.05) is 19.3 Å². The van der Waals surface area contributed by atoms with Gasteiger partial charge in [0.25, 0.3) is 3.01 Å². The normalized spacial score (nSPS) is 21.6. The molecular formula is C9H15FINO3S. The van der Waals surface area contributed by atoms with Crippen molar-refractivity contribution >= 4 is 38.3 Å². The Morgan fingerprint density at radius 3 is 2.31 bits per heavy atom. The predicted octanol–water partition coefficient (Wildman–Crippen LogP) is 1.49. The van der Waals surface area contributed by atoms with E-state index < -0.39 is 25.2 Å². The van der Waals surface area contributed by atoms with Crippen LogP contribution in [0.5, 0.6) is 0 Å². The molecule has 1 unspecified atom stereocenters. The third kappa shape index (κ3) is 3.54. The molecule has 1 amide bonds. The second kappa shape index (κ2) is 5.16. The first-order valence-electron chi connectivity index (χ1n) is 5.09. The first kappa shape index (κ1) is 14.1. The summed E-state index contributed by atoms with van der Waals surface area (Å²) in [4.78, 5) is 13.2. The molecule has 1 aliphatic heterocycles. The van der Waals surface area contributed by atoms with Crippen molar-refractivity contribution in [3.8, 4) is 0 Å². The fourth-order valence-corrected chi connectivity index (χ4v) is 2.27. The maximum absolute atomic E-state index is 13.8. The average molecular weight is 363 g/mol. The first-order chi connectivity index (χ1) is 7.24. The molecule has 94 valence electrons. The Balaban J connectivity index is 2.63. The Kier molecular flexibility index (Phi) is 4.56. The minimum absolute atomic E-state index is 0.415. The Hall–Kier alpha value is 0.0800. The molecule has 0 spiro atoms. The molecule has 0 aromatic rings. The second-order valence-electron chi connectivity index (χ2n) is 4.03. The highest BCUT2D eigenvalue weighted by atomic mass is 127. The Labute approximate surface area is 109 Å². The lowest BCUT2D eigenvalue weighted by molar-refractivity contribution is -0.132. The largest absolute Gasteiger partial charge is 0.343 e. The van der Waals surface area contributed by atoms with Crippen LogP contribution in [-0.2, 0) is 14.6 Å². The number of nitrogens with zero attached hydrogens (tertiary/aromatic N) is 1. The van der Waals surface area contributed by atoms with E-state index >= 15 is 0 Å². The van der Waals surface area contributed by atoms with Gasteiger partial charge in [-0.25, -0.2) is 12.8 Å². The zero-order chi connectivity index (χ0) is 12.4. The summed E-state index contributed by atoms with van der Waals surface area (Å²) in [5.74, 6) is -0.415. The monoisotopic (exact) mass is 363 g/mol. The minimum atomic E-state index is -3.86. The summed E-state index contributed by atoms with van der Waals surface area (Å²) in [5, 5.41) is 0. The maximum Gasteiger partial charge on any atom is 0.268 e. The van der Waals surface area contributed by atoms with E-state index in [1.165, 1.54) is 22.6 Å². The molecule has 0 aromatic carbocycles. The Bertz CT molecular complexity index is 363. The fraction of sp³-hybridized carbons (Fsp3) is 0.889. The lowest BCUT2D eigenvalue weighted by Crippen LogP contribution is -2.40. The summed E-state index contributed by atoms with van der Waals surface area (Å²) in [6.07, 6.45) is 3.10. The Morgan fingerprint density at radius 2 is 1.88 bits per heavy atom. The smallest absolute Gasteiger partial charge is 0.268 e. The van der Waals surface area contributed by atoms with Crippen LogP contribution < -0.4 is 0 Å². The van der Waals surface area contributed by atoms with Gasteiger partial charge in [0.15, 0.2) is 9.84 Å². The van der Waals surface area contributed by atoms with Gasteiger partial charge in [-0.1, -0.05) is 0 Å². The number of carbonyl (C=O) groups is 1. The summed E-state index contributed by atoms with van der Waals surface area (Å²) in [7, 11) is -3.86. The van der Waals surface area contributed by atoms with E-state index in [9.17, 15) is 17.6 Å². The van der Waals surface area contributed by atoms with E-state index in [1.807, 2.05) is 0 Å². The molecule has 7 heteroatoms. The van der Waals surface area contributed by atoms with Crippen LogP contribution in [0.3, 0.4) is 0 Å². The van der Waals surface area contributed by atoms with Gasteiger partial charge in [-0.05, 0) is 41.9 Å². The third-order valence-corrected chi connectivity index (χ3v) is 6.62. The average Bonchev–Trinajstić information content (AvgIpc) is 2.16. The molecular weight excluding hydrogens is 348 g/mol. The van der Waals surface area contributed by atoms with Gasteiger partial charge >= 0.3 is 0 Å². The molecule has 0 saturated carbocycles. The molecule has 0 N–H and O–H groups in total. The predicted molar refractivity (Wildman–Crippen MR) is 67.8 cm³/mol. The highest BCUT2D eigenvalue weighted by Crippen LogP contribution is 2.32. The summed E-state index contributed by atoms with van der Waals surface area (Å²) in [6, 6.07) is 0. The van der Waals surface area contributed by atoms with Crippen LogP contribution in [0.15, 0.2) is 0 Å². The highest BCUT2D eigenvalue weighted by Gasteiger charge is 2.41. The SMILES string of the molecule is CS(=O)(=O)C(F)(I)CC(=O)N1CCCCC1. The molecule has 0 bridgehead atoms. The van der Waals surface area contributed by atoms with Crippen molar-refractivity contribution < 1.29 is 17.6 Å². The molecule has 1 heterocycles. The number of hydrogen-bond acceptors (Lipinski definition) is 3. The number of likely N-dealkylation sites (tertiary alicyclic amines) is 1. The van der Waals surface area contributed by atoms with Gasteiger partial charge in [-0.15, -0.1) is 0 Å². The number of amides is 1. The topological polar surface area (TPSA) is 54.5 Å². The molecule has 0 radical (unpaired) electrons. The van der Waals surface area contributed by atoms with E-state index in [0.29, 0.717) is 13.1 Å². The number of piperidine rings is 1. The number of halogens is 2. The molecule has 0 aliphatic carbocycles. The van der Waals surface area contributed by atoms with Crippen LogP contribution in [0, 0.1) is 0 Å². The van der Waals surface area contributed by atoms with E-state index in [4.69, 9.17) is 0 Å². The van der Waals surface area contributed by atoms with E-state index in [0.717, 1.165) is 25.5 Å². The third-order valence-electron chi connectivity index (χ3n) is 2.61. The molecule has 1 rings (SSSR count). The van der Waals surface area contributed by atoms with E-state index in [-0.39, 0.29) is 0 Å². The van der Waals surface area contributed by atoms with Crippen LogP contribution in [-0.4, -0.2) is 41.6 Å². The quantitative estimate of drug-likeness (QED) is 0.564. The number of hydrogen-bond donors (Lipinski definition) is 0. The van der Waals surface area contributed by atoms with Gasteiger partial charge < -0.3 is 4.90 Å². The zero-order valence-corrected chi connectivity index (χ0v) is 12.1. The minimum Gasteiger partial charge on any atom is -0.343 e. The van der Waals surface area contributed by atoms with E-state index in [1.54, 1.807) is 4.90 Å².